The van der Waals surface area contributed by atoms with Gasteiger partial charge in [-0.1, -0.05) is 42.8 Å². The molecule has 9 nitrogen and oxygen atoms in total. The highest BCUT2D eigenvalue weighted by atomic mass is 35.5. The molecule has 11 heteroatoms. The molecule has 0 bridgehead atoms. The number of amides is 3. The summed E-state index contributed by atoms with van der Waals surface area (Å²) in [5.74, 6) is -0.567. The number of methoxy groups -OCH3 is 1. The maximum absolute atomic E-state index is 13.5. The summed E-state index contributed by atoms with van der Waals surface area (Å²) in [4.78, 5) is 44.2. The average Bonchev–Trinajstić information content (AvgIpc) is 3.01. The average molecular weight is 617 g/mol. The zero-order valence-corrected chi connectivity index (χ0v) is 24.9. The minimum atomic E-state index is -0.583. The van der Waals surface area contributed by atoms with Crippen LogP contribution < -0.4 is 20.7 Å². The van der Waals surface area contributed by atoms with Crippen molar-refractivity contribution < 1.29 is 24.2 Å². The number of carbonyl (C=O) groups is 3. The van der Waals surface area contributed by atoms with Gasteiger partial charge in [0, 0.05) is 34.0 Å². The van der Waals surface area contributed by atoms with E-state index in [1.807, 2.05) is 13.0 Å². The molecule has 4 N–H and O–H groups in total. The number of thioether (sulfide) groups is 1. The number of rotatable bonds is 11. The number of nitrogens with one attached hydrogen (secondary N) is 3. The van der Waals surface area contributed by atoms with Crippen molar-refractivity contribution in [1.29, 1.82) is 0 Å². The van der Waals surface area contributed by atoms with Crippen molar-refractivity contribution in [3.05, 3.63) is 113 Å². The summed E-state index contributed by atoms with van der Waals surface area (Å²) in [5.41, 5.74) is 1.25. The van der Waals surface area contributed by atoms with Crippen molar-refractivity contribution in [2.24, 2.45) is 0 Å². The SMILES string of the molecule is CCC(Sc1cccc(NC(=O)/C(=C\c2ccc(O)cc2OC)NC(=O)c2ccccc2)c1)C(=O)Nc1ccc(Cl)cn1. The number of phenolic OH excluding ortho intramolecular Hbond substituents is 1. The molecule has 43 heavy (non-hydrogen) atoms. The third kappa shape index (κ3) is 8.84. The predicted molar refractivity (Wildman–Crippen MR) is 169 cm³/mol. The van der Waals surface area contributed by atoms with E-state index in [9.17, 15) is 19.5 Å². The molecule has 1 aromatic heterocycles. The number of hydrogen-bond acceptors (Lipinski definition) is 7. The van der Waals surface area contributed by atoms with Gasteiger partial charge in [-0.2, -0.15) is 0 Å². The molecule has 0 saturated carbocycles. The standard InChI is InChI=1S/C32H29ClN4O5S/c1-3-28(32(41)37-29-15-13-22(33)19-34-29)43-25-11-7-10-23(17-25)35-31(40)26(36-30(39)20-8-5-4-6-9-20)16-21-12-14-24(38)18-27(21)42-2/h4-19,28,38H,3H2,1-2H3,(H,35,40)(H,36,39)(H,34,37,41)/b26-16+. The summed E-state index contributed by atoms with van der Waals surface area (Å²) in [6.45, 7) is 1.91. The fourth-order valence-electron chi connectivity index (χ4n) is 3.91. The molecular weight excluding hydrogens is 588 g/mol. The largest absolute Gasteiger partial charge is 0.508 e. The Morgan fingerprint density at radius 2 is 1.79 bits per heavy atom. The fraction of sp³-hybridized carbons (Fsp3) is 0.125. The Bertz CT molecular complexity index is 1630. The van der Waals surface area contributed by atoms with Crippen LogP contribution in [-0.2, 0) is 9.59 Å². The Hall–Kier alpha value is -4.80. The second-order valence-corrected chi connectivity index (χ2v) is 10.9. The number of benzene rings is 3. The van der Waals surface area contributed by atoms with Crippen LogP contribution in [0.4, 0.5) is 11.5 Å². The normalized spacial score (nSPS) is 11.7. The van der Waals surface area contributed by atoms with Crippen molar-refractivity contribution in [3.63, 3.8) is 0 Å². The lowest BCUT2D eigenvalue weighted by atomic mass is 10.1. The molecule has 0 aliphatic rings. The van der Waals surface area contributed by atoms with Crippen LogP contribution in [0.25, 0.3) is 6.08 Å². The molecule has 1 atom stereocenters. The first-order valence-electron chi connectivity index (χ1n) is 13.2. The van der Waals surface area contributed by atoms with E-state index in [2.05, 4.69) is 20.9 Å². The van der Waals surface area contributed by atoms with Gasteiger partial charge >= 0.3 is 0 Å². The summed E-state index contributed by atoms with van der Waals surface area (Å²) in [5, 5.41) is 18.2. The molecule has 0 aliphatic carbocycles. The third-order valence-electron chi connectivity index (χ3n) is 6.06. The van der Waals surface area contributed by atoms with Gasteiger partial charge in [0.25, 0.3) is 11.8 Å². The van der Waals surface area contributed by atoms with Gasteiger partial charge in [-0.15, -0.1) is 11.8 Å². The second kappa shape index (κ2) is 14.9. The number of nitrogens with zero attached hydrogens (tertiary/aromatic N) is 1. The van der Waals surface area contributed by atoms with Gasteiger partial charge in [0.05, 0.1) is 17.4 Å². The van der Waals surface area contributed by atoms with E-state index in [1.54, 1.807) is 66.7 Å². The molecule has 0 radical (unpaired) electrons. The molecule has 220 valence electrons. The van der Waals surface area contributed by atoms with E-state index >= 15 is 0 Å². The molecule has 1 heterocycles. The Balaban J connectivity index is 1.53. The second-order valence-electron chi connectivity index (χ2n) is 9.15. The zero-order valence-electron chi connectivity index (χ0n) is 23.3. The third-order valence-corrected chi connectivity index (χ3v) is 7.64. The van der Waals surface area contributed by atoms with E-state index in [0.717, 1.165) is 4.90 Å². The quantitative estimate of drug-likeness (QED) is 0.114. The Morgan fingerprint density at radius 1 is 1.00 bits per heavy atom. The van der Waals surface area contributed by atoms with E-state index in [0.29, 0.717) is 39.8 Å². The molecule has 4 rings (SSSR count). The molecule has 0 fully saturated rings. The summed E-state index contributed by atoms with van der Waals surface area (Å²) < 4.78 is 5.35. The first-order chi connectivity index (χ1) is 20.7. The number of hydrogen-bond donors (Lipinski definition) is 4. The highest BCUT2D eigenvalue weighted by Gasteiger charge is 2.20. The molecule has 3 amide bonds. The maximum atomic E-state index is 13.5. The van der Waals surface area contributed by atoms with Crippen molar-refractivity contribution in [2.45, 2.75) is 23.5 Å². The minimum Gasteiger partial charge on any atom is -0.508 e. The smallest absolute Gasteiger partial charge is 0.272 e. The molecular formula is C32H29ClN4O5S. The lowest BCUT2D eigenvalue weighted by molar-refractivity contribution is -0.116. The van der Waals surface area contributed by atoms with E-state index in [-0.39, 0.29) is 17.4 Å². The Labute approximate surface area is 258 Å². The summed E-state index contributed by atoms with van der Waals surface area (Å²) in [7, 11) is 1.44. The van der Waals surface area contributed by atoms with Crippen molar-refractivity contribution in [1.82, 2.24) is 10.3 Å². The lowest BCUT2D eigenvalue weighted by Crippen LogP contribution is -2.30. The minimum absolute atomic E-state index is 0.00821. The van der Waals surface area contributed by atoms with E-state index in [4.69, 9.17) is 16.3 Å². The highest BCUT2D eigenvalue weighted by Crippen LogP contribution is 2.29. The fourth-order valence-corrected chi connectivity index (χ4v) is 5.03. The lowest BCUT2D eigenvalue weighted by Gasteiger charge is -2.16. The summed E-state index contributed by atoms with van der Waals surface area (Å²) >= 11 is 7.22. The number of anilines is 2. The number of carbonyl (C=O) groups excluding carboxylic acids is 3. The van der Waals surface area contributed by atoms with Gasteiger partial charge in [0.1, 0.15) is 23.0 Å². The van der Waals surface area contributed by atoms with Crippen LogP contribution in [-0.4, -0.2) is 40.2 Å². The maximum Gasteiger partial charge on any atom is 0.272 e. The monoisotopic (exact) mass is 616 g/mol. The van der Waals surface area contributed by atoms with E-state index < -0.39 is 17.1 Å². The topological polar surface area (TPSA) is 130 Å². The first-order valence-corrected chi connectivity index (χ1v) is 14.5. The summed E-state index contributed by atoms with van der Waals surface area (Å²) in [6, 6.07) is 23.3. The Morgan fingerprint density at radius 3 is 2.49 bits per heavy atom. The van der Waals surface area contributed by atoms with Crippen molar-refractivity contribution >= 4 is 58.7 Å². The predicted octanol–water partition coefficient (Wildman–Crippen LogP) is 6.37. The van der Waals surface area contributed by atoms with Gasteiger partial charge in [-0.05, 0) is 67.1 Å². The molecule has 3 aromatic carbocycles. The van der Waals surface area contributed by atoms with Crippen LogP contribution in [0.1, 0.15) is 29.3 Å². The van der Waals surface area contributed by atoms with E-state index in [1.165, 1.54) is 43.3 Å². The van der Waals surface area contributed by atoms with Crippen LogP contribution >= 0.6 is 23.4 Å². The van der Waals surface area contributed by atoms with Gasteiger partial charge < -0.3 is 25.8 Å². The Kier molecular flexibility index (Phi) is 10.8. The van der Waals surface area contributed by atoms with Crippen LogP contribution in [0.3, 0.4) is 0 Å². The molecule has 0 saturated heterocycles. The molecule has 4 aromatic rings. The van der Waals surface area contributed by atoms with Crippen LogP contribution in [0.5, 0.6) is 11.5 Å². The summed E-state index contributed by atoms with van der Waals surface area (Å²) in [6.07, 6.45) is 3.48. The van der Waals surface area contributed by atoms with Crippen molar-refractivity contribution in [3.8, 4) is 11.5 Å². The van der Waals surface area contributed by atoms with Gasteiger partial charge in [-0.3, -0.25) is 14.4 Å². The number of halogens is 1. The highest BCUT2D eigenvalue weighted by molar-refractivity contribution is 8.00. The number of pyridine rings is 1. The number of aromatic nitrogens is 1. The first kappa shape index (κ1) is 31.1. The molecule has 0 aliphatic heterocycles. The zero-order chi connectivity index (χ0) is 30.8. The molecule has 0 spiro atoms. The number of ether oxygens (including phenoxy) is 1. The van der Waals surface area contributed by atoms with Gasteiger partial charge in [0.15, 0.2) is 0 Å². The number of phenols is 1. The van der Waals surface area contributed by atoms with Crippen LogP contribution in [0.15, 0.2) is 102 Å². The number of aromatic hydroxyl groups is 1. The van der Waals surface area contributed by atoms with Crippen LogP contribution in [0.2, 0.25) is 5.02 Å². The van der Waals surface area contributed by atoms with Gasteiger partial charge in [0.2, 0.25) is 5.91 Å². The van der Waals surface area contributed by atoms with Crippen molar-refractivity contribution in [2.75, 3.05) is 17.7 Å². The van der Waals surface area contributed by atoms with Gasteiger partial charge in [-0.25, -0.2) is 4.98 Å². The van der Waals surface area contributed by atoms with Crippen LogP contribution in [0, 0.1) is 0 Å². The molecule has 1 unspecified atom stereocenters.